The van der Waals surface area contributed by atoms with Crippen molar-refractivity contribution in [1.82, 2.24) is 4.90 Å². The maximum absolute atomic E-state index is 5.98. The molecular weight excluding hydrogens is 348 g/mol. The molecule has 2 aromatic carbocycles. The highest BCUT2D eigenvalue weighted by molar-refractivity contribution is 5.53. The average Bonchev–Trinajstić information content (AvgIpc) is 3.17. The molecule has 0 aliphatic carbocycles. The van der Waals surface area contributed by atoms with E-state index in [0.29, 0.717) is 12.6 Å². The van der Waals surface area contributed by atoms with Crippen molar-refractivity contribution in [3.8, 4) is 5.75 Å². The molecule has 1 saturated heterocycles. The summed E-state index contributed by atoms with van der Waals surface area (Å²) < 4.78 is 11.9. The number of hydrogen-bond acceptors (Lipinski definition) is 4. The number of benzene rings is 2. The number of allylic oxidation sites excluding steroid dienone is 1. The quantitative estimate of drug-likeness (QED) is 0.705. The molecule has 4 nitrogen and oxygen atoms in total. The van der Waals surface area contributed by atoms with Crippen molar-refractivity contribution in [2.75, 3.05) is 31.6 Å². The summed E-state index contributed by atoms with van der Waals surface area (Å²) in [4.78, 5) is 4.58. The predicted molar refractivity (Wildman–Crippen MR) is 113 cm³/mol. The minimum absolute atomic E-state index is 0.546. The Labute approximate surface area is 167 Å². The summed E-state index contributed by atoms with van der Waals surface area (Å²) in [6, 6.07) is 19.1. The summed E-state index contributed by atoms with van der Waals surface area (Å²) in [6.45, 7) is 3.34. The maximum atomic E-state index is 5.98. The third-order valence-corrected chi connectivity index (χ3v) is 5.44. The minimum Gasteiger partial charge on any atom is -0.492 e. The Balaban J connectivity index is 1.26. The summed E-state index contributed by atoms with van der Waals surface area (Å²) in [5.41, 5.74) is 2.33. The summed E-state index contributed by atoms with van der Waals surface area (Å²) in [5, 5.41) is 0. The van der Waals surface area contributed by atoms with Gasteiger partial charge in [-0.15, -0.1) is 0 Å². The highest BCUT2D eigenvalue weighted by Gasteiger charge is 2.21. The molecule has 0 aromatic heterocycles. The molecule has 28 heavy (non-hydrogen) atoms. The van der Waals surface area contributed by atoms with Gasteiger partial charge in [-0.2, -0.15) is 0 Å². The molecule has 2 heterocycles. The monoisotopic (exact) mass is 376 g/mol. The van der Waals surface area contributed by atoms with E-state index in [4.69, 9.17) is 9.47 Å². The first kappa shape index (κ1) is 18.6. The highest BCUT2D eigenvalue weighted by atomic mass is 16.5. The molecule has 0 unspecified atom stereocenters. The van der Waals surface area contributed by atoms with E-state index in [1.54, 1.807) is 0 Å². The Kier molecular flexibility index (Phi) is 5.98. The molecule has 2 aliphatic rings. The number of rotatable bonds is 7. The van der Waals surface area contributed by atoms with E-state index in [2.05, 4.69) is 65.5 Å². The molecule has 0 radical (unpaired) electrons. The molecule has 0 saturated carbocycles. The third-order valence-electron chi connectivity index (χ3n) is 5.44. The fraction of sp³-hybridized carbons (Fsp3) is 0.333. The van der Waals surface area contributed by atoms with Crippen LogP contribution in [-0.4, -0.2) is 37.7 Å². The lowest BCUT2D eigenvalue weighted by molar-refractivity contribution is 0.198. The average molecular weight is 377 g/mol. The molecule has 1 atom stereocenters. The number of anilines is 1. The van der Waals surface area contributed by atoms with E-state index in [1.807, 2.05) is 24.3 Å². The molecule has 0 N–H and O–H groups in total. The second-order valence-electron chi connectivity index (χ2n) is 7.43. The van der Waals surface area contributed by atoms with Crippen molar-refractivity contribution < 1.29 is 9.47 Å². The molecule has 0 bridgehead atoms. The maximum Gasteiger partial charge on any atom is 0.119 e. The first-order chi connectivity index (χ1) is 13.8. The van der Waals surface area contributed by atoms with Crippen molar-refractivity contribution in [3.05, 3.63) is 84.3 Å². The van der Waals surface area contributed by atoms with E-state index in [0.717, 1.165) is 30.3 Å². The second kappa shape index (κ2) is 8.98. The lowest BCUT2D eigenvalue weighted by atomic mass is 10.2. The summed E-state index contributed by atoms with van der Waals surface area (Å²) in [7, 11) is 2.18. The fourth-order valence-electron chi connectivity index (χ4n) is 3.64. The third kappa shape index (κ3) is 4.76. The predicted octanol–water partition coefficient (Wildman–Crippen LogP) is 4.59. The van der Waals surface area contributed by atoms with Crippen LogP contribution < -0.4 is 9.64 Å². The Morgan fingerprint density at radius 2 is 1.82 bits per heavy atom. The SMILES string of the molecule is CN1CCC[C@H]1COc1ccc(N2C=CC(OCc3ccccc3)=CC2)cc1. The van der Waals surface area contributed by atoms with Crippen LogP contribution in [-0.2, 0) is 11.3 Å². The van der Waals surface area contributed by atoms with Crippen LogP contribution in [0, 0.1) is 0 Å². The zero-order chi connectivity index (χ0) is 19.2. The Morgan fingerprint density at radius 1 is 1.00 bits per heavy atom. The van der Waals surface area contributed by atoms with E-state index < -0.39 is 0 Å². The van der Waals surface area contributed by atoms with Gasteiger partial charge in [0.2, 0.25) is 0 Å². The van der Waals surface area contributed by atoms with Crippen LogP contribution in [0.1, 0.15) is 18.4 Å². The molecule has 0 amide bonds. The van der Waals surface area contributed by atoms with E-state index in [9.17, 15) is 0 Å². The number of hydrogen-bond donors (Lipinski definition) is 0. The van der Waals surface area contributed by atoms with Crippen LogP contribution in [0.3, 0.4) is 0 Å². The number of likely N-dealkylation sites (tertiary alicyclic amines) is 1. The lowest BCUT2D eigenvalue weighted by Crippen LogP contribution is -2.30. The zero-order valence-electron chi connectivity index (χ0n) is 16.5. The van der Waals surface area contributed by atoms with Crippen molar-refractivity contribution >= 4 is 5.69 Å². The van der Waals surface area contributed by atoms with Gasteiger partial charge in [-0.1, -0.05) is 30.3 Å². The van der Waals surface area contributed by atoms with Crippen LogP contribution in [0.15, 0.2) is 78.7 Å². The van der Waals surface area contributed by atoms with Gasteiger partial charge in [0.1, 0.15) is 24.7 Å². The van der Waals surface area contributed by atoms with Gasteiger partial charge in [-0.3, -0.25) is 0 Å². The first-order valence-corrected chi connectivity index (χ1v) is 10.0. The summed E-state index contributed by atoms with van der Waals surface area (Å²) >= 11 is 0. The Hall–Kier alpha value is -2.72. The topological polar surface area (TPSA) is 24.9 Å². The lowest BCUT2D eigenvalue weighted by Gasteiger charge is -2.23. The van der Waals surface area contributed by atoms with Crippen molar-refractivity contribution in [3.63, 3.8) is 0 Å². The van der Waals surface area contributed by atoms with Gasteiger partial charge in [0.05, 0.1) is 0 Å². The molecule has 4 rings (SSSR count). The van der Waals surface area contributed by atoms with Crippen LogP contribution in [0.2, 0.25) is 0 Å². The van der Waals surface area contributed by atoms with Crippen molar-refractivity contribution in [1.29, 1.82) is 0 Å². The highest BCUT2D eigenvalue weighted by Crippen LogP contribution is 2.23. The van der Waals surface area contributed by atoms with Gasteiger partial charge < -0.3 is 19.3 Å². The number of ether oxygens (including phenoxy) is 2. The van der Waals surface area contributed by atoms with Gasteiger partial charge in [-0.05, 0) is 68.4 Å². The number of nitrogens with zero attached hydrogens (tertiary/aromatic N) is 2. The number of likely N-dealkylation sites (N-methyl/N-ethyl adjacent to an activating group) is 1. The molecule has 2 aliphatic heterocycles. The van der Waals surface area contributed by atoms with Gasteiger partial charge in [0.25, 0.3) is 0 Å². The summed E-state index contributed by atoms with van der Waals surface area (Å²) in [5.74, 6) is 1.85. The van der Waals surface area contributed by atoms with Crippen LogP contribution in [0.25, 0.3) is 0 Å². The first-order valence-electron chi connectivity index (χ1n) is 10.0. The van der Waals surface area contributed by atoms with Gasteiger partial charge in [0.15, 0.2) is 0 Å². The molecule has 146 valence electrons. The smallest absolute Gasteiger partial charge is 0.119 e. The molecule has 1 fully saturated rings. The Bertz CT molecular complexity index is 814. The van der Waals surface area contributed by atoms with E-state index in [-0.39, 0.29) is 0 Å². The largest absolute Gasteiger partial charge is 0.492 e. The van der Waals surface area contributed by atoms with E-state index >= 15 is 0 Å². The van der Waals surface area contributed by atoms with Crippen LogP contribution >= 0.6 is 0 Å². The summed E-state index contributed by atoms with van der Waals surface area (Å²) in [6.07, 6.45) is 8.71. The molecule has 2 aromatic rings. The zero-order valence-corrected chi connectivity index (χ0v) is 16.5. The van der Waals surface area contributed by atoms with Gasteiger partial charge in [-0.25, -0.2) is 0 Å². The molecule has 4 heteroatoms. The van der Waals surface area contributed by atoms with E-state index in [1.165, 1.54) is 24.9 Å². The fourth-order valence-corrected chi connectivity index (χ4v) is 3.64. The normalized spacial score (nSPS) is 19.5. The molecular formula is C24H28N2O2. The molecule has 0 spiro atoms. The Morgan fingerprint density at radius 3 is 2.50 bits per heavy atom. The standard InChI is InChI=1S/C24H28N2O2/c1-25-15-5-8-22(25)19-28-23-11-9-21(10-12-23)26-16-13-24(14-17-26)27-18-20-6-3-2-4-7-20/h2-4,6-7,9-14,16,22H,5,8,15,17-19H2,1H3/t22-/m0/s1. The second-order valence-corrected chi connectivity index (χ2v) is 7.43. The minimum atomic E-state index is 0.546. The van der Waals surface area contributed by atoms with Crippen LogP contribution in [0.5, 0.6) is 5.75 Å². The van der Waals surface area contributed by atoms with Crippen molar-refractivity contribution in [2.45, 2.75) is 25.5 Å². The van der Waals surface area contributed by atoms with Gasteiger partial charge in [0, 0.05) is 24.5 Å². The van der Waals surface area contributed by atoms with Crippen molar-refractivity contribution in [2.24, 2.45) is 0 Å². The van der Waals surface area contributed by atoms with Crippen LogP contribution in [0.4, 0.5) is 5.69 Å². The van der Waals surface area contributed by atoms with Gasteiger partial charge >= 0.3 is 0 Å².